The first kappa shape index (κ1) is 18.0. The van der Waals surface area contributed by atoms with Crippen LogP contribution in [0.15, 0.2) is 0 Å². The minimum absolute atomic E-state index is 0.0477. The van der Waals surface area contributed by atoms with Crippen LogP contribution in [0.25, 0.3) is 0 Å². The highest BCUT2D eigenvalue weighted by Crippen LogP contribution is 2.26. The number of hydrogen-bond donors (Lipinski definition) is 3. The Kier molecular flexibility index (Phi) is 7.65. The number of carbonyl (C=O) groups is 2. The highest BCUT2D eigenvalue weighted by atomic mass is 16.3. The summed E-state index contributed by atoms with van der Waals surface area (Å²) in [4.78, 5) is 25.4. The summed E-state index contributed by atoms with van der Waals surface area (Å²) < 4.78 is 0. The quantitative estimate of drug-likeness (QED) is 0.622. The van der Waals surface area contributed by atoms with Crippen LogP contribution in [0.3, 0.4) is 0 Å². The molecule has 2 fully saturated rings. The van der Waals surface area contributed by atoms with Crippen LogP contribution in [0.1, 0.15) is 57.8 Å². The molecule has 1 heterocycles. The summed E-state index contributed by atoms with van der Waals surface area (Å²) in [6.45, 7) is 1.97. The molecule has 0 aromatic carbocycles. The van der Waals surface area contributed by atoms with Crippen molar-refractivity contribution in [3.8, 4) is 0 Å². The van der Waals surface area contributed by atoms with E-state index in [4.69, 9.17) is 0 Å². The normalized spacial score (nSPS) is 21.1. The van der Waals surface area contributed by atoms with Gasteiger partial charge in [0.2, 0.25) is 5.91 Å². The fraction of sp³-hybridized carbons (Fsp3) is 0.882. The second-order valence-corrected chi connectivity index (χ2v) is 6.75. The first-order valence-corrected chi connectivity index (χ1v) is 9.13. The summed E-state index contributed by atoms with van der Waals surface area (Å²) in [5.41, 5.74) is 0. The number of hydrogen-bond acceptors (Lipinski definition) is 3. The molecule has 6 nitrogen and oxygen atoms in total. The van der Waals surface area contributed by atoms with Gasteiger partial charge in [0.05, 0.1) is 0 Å². The molecular formula is C17H31N3O3. The molecule has 0 spiro atoms. The molecule has 3 amide bonds. The Labute approximate surface area is 139 Å². The molecule has 2 aliphatic rings. The summed E-state index contributed by atoms with van der Waals surface area (Å²) in [6.07, 6.45) is 9.41. The van der Waals surface area contributed by atoms with Gasteiger partial charge in [0.1, 0.15) is 0 Å². The van der Waals surface area contributed by atoms with Gasteiger partial charge in [-0.1, -0.05) is 25.7 Å². The number of amides is 3. The minimum Gasteiger partial charge on any atom is -0.396 e. The summed E-state index contributed by atoms with van der Waals surface area (Å²) in [7, 11) is 0. The number of nitrogens with one attached hydrogen (secondary N) is 2. The molecule has 2 rings (SSSR count). The number of nitrogens with zero attached hydrogens (tertiary/aromatic N) is 1. The Morgan fingerprint density at radius 2 is 1.96 bits per heavy atom. The smallest absolute Gasteiger partial charge is 0.315 e. The number of likely N-dealkylation sites (tertiary alicyclic amines) is 1. The zero-order valence-electron chi connectivity index (χ0n) is 14.1. The molecule has 1 unspecified atom stereocenters. The number of aliphatic hydroxyl groups is 1. The third-order valence-corrected chi connectivity index (χ3v) is 5.06. The number of rotatable bonds is 7. The Balaban J connectivity index is 1.72. The van der Waals surface area contributed by atoms with Crippen molar-refractivity contribution in [3.05, 3.63) is 0 Å². The second-order valence-electron chi connectivity index (χ2n) is 6.75. The molecule has 132 valence electrons. The Bertz CT molecular complexity index is 381. The van der Waals surface area contributed by atoms with Gasteiger partial charge in [-0.05, 0) is 31.6 Å². The lowest BCUT2D eigenvalue weighted by atomic mass is 9.90. The predicted octanol–water partition coefficient (Wildman–Crippen LogP) is 1.63. The van der Waals surface area contributed by atoms with Crippen molar-refractivity contribution in [1.29, 1.82) is 0 Å². The van der Waals surface area contributed by atoms with Gasteiger partial charge in [-0.25, -0.2) is 4.79 Å². The average molecular weight is 325 g/mol. The summed E-state index contributed by atoms with van der Waals surface area (Å²) in [5.74, 6) is 0.652. The van der Waals surface area contributed by atoms with Gasteiger partial charge in [0.25, 0.3) is 0 Å². The fourth-order valence-corrected chi connectivity index (χ4v) is 3.74. The molecular weight excluding hydrogens is 294 g/mol. The maximum Gasteiger partial charge on any atom is 0.315 e. The summed E-state index contributed by atoms with van der Waals surface area (Å²) in [6, 6.07) is -0.133. The lowest BCUT2D eigenvalue weighted by Crippen LogP contribution is -2.47. The molecule has 0 bridgehead atoms. The van der Waals surface area contributed by atoms with Crippen molar-refractivity contribution in [2.75, 3.05) is 26.2 Å². The summed E-state index contributed by atoms with van der Waals surface area (Å²) in [5, 5.41) is 15.2. The van der Waals surface area contributed by atoms with E-state index >= 15 is 0 Å². The van der Waals surface area contributed by atoms with Crippen LogP contribution in [0.5, 0.6) is 0 Å². The maximum atomic E-state index is 12.1. The largest absolute Gasteiger partial charge is 0.396 e. The van der Waals surface area contributed by atoms with E-state index in [0.717, 1.165) is 25.8 Å². The van der Waals surface area contributed by atoms with Gasteiger partial charge >= 0.3 is 6.03 Å². The highest BCUT2D eigenvalue weighted by molar-refractivity contribution is 5.78. The molecule has 6 heteroatoms. The molecule has 23 heavy (non-hydrogen) atoms. The molecule has 1 aliphatic carbocycles. The van der Waals surface area contributed by atoms with Gasteiger partial charge in [0, 0.05) is 38.7 Å². The molecule has 1 saturated heterocycles. The standard InChI is InChI=1S/C17H31N3O3/c21-13-9-15(14-6-3-1-2-4-7-14)19-17(23)18-10-12-20-11-5-8-16(20)22/h14-15,21H,1-13H2,(H2,18,19,23). The molecule has 0 radical (unpaired) electrons. The third kappa shape index (κ3) is 6.01. The van der Waals surface area contributed by atoms with Crippen molar-refractivity contribution >= 4 is 11.9 Å². The molecule has 0 aromatic rings. The van der Waals surface area contributed by atoms with Crippen LogP contribution in [0.2, 0.25) is 0 Å². The van der Waals surface area contributed by atoms with Crippen molar-refractivity contribution in [3.63, 3.8) is 0 Å². The Hall–Kier alpha value is -1.30. The number of aliphatic hydroxyl groups excluding tert-OH is 1. The van der Waals surface area contributed by atoms with Crippen LogP contribution >= 0.6 is 0 Å². The van der Waals surface area contributed by atoms with Crippen LogP contribution in [0, 0.1) is 5.92 Å². The van der Waals surface area contributed by atoms with E-state index in [2.05, 4.69) is 10.6 Å². The second kappa shape index (κ2) is 9.75. The summed E-state index contributed by atoms with van der Waals surface area (Å²) >= 11 is 0. The van der Waals surface area contributed by atoms with E-state index in [0.29, 0.717) is 31.8 Å². The van der Waals surface area contributed by atoms with Gasteiger partial charge < -0.3 is 20.6 Å². The fourth-order valence-electron chi connectivity index (χ4n) is 3.74. The number of carbonyl (C=O) groups excluding carboxylic acids is 2. The molecule has 1 atom stereocenters. The van der Waals surface area contributed by atoms with Crippen molar-refractivity contribution in [2.45, 2.75) is 63.8 Å². The van der Waals surface area contributed by atoms with Gasteiger partial charge in [-0.3, -0.25) is 4.79 Å². The minimum atomic E-state index is -0.181. The topological polar surface area (TPSA) is 81.7 Å². The highest BCUT2D eigenvalue weighted by Gasteiger charge is 2.24. The molecule has 1 aliphatic heterocycles. The van der Waals surface area contributed by atoms with Crippen LogP contribution in [0.4, 0.5) is 4.79 Å². The van der Waals surface area contributed by atoms with E-state index in [1.54, 1.807) is 4.90 Å². The number of urea groups is 1. The lowest BCUT2D eigenvalue weighted by Gasteiger charge is -2.27. The van der Waals surface area contributed by atoms with Gasteiger partial charge in [-0.2, -0.15) is 0 Å². The molecule has 3 N–H and O–H groups in total. The molecule has 0 aromatic heterocycles. The van der Waals surface area contributed by atoms with Gasteiger partial charge in [-0.15, -0.1) is 0 Å². The predicted molar refractivity (Wildman–Crippen MR) is 89.0 cm³/mol. The first-order valence-electron chi connectivity index (χ1n) is 9.13. The zero-order chi connectivity index (χ0) is 16.5. The van der Waals surface area contributed by atoms with Crippen molar-refractivity contribution < 1.29 is 14.7 Å². The van der Waals surface area contributed by atoms with Gasteiger partial charge in [0.15, 0.2) is 0 Å². The SMILES string of the molecule is O=C(NCCN1CCCC1=O)NC(CCO)C1CCCCCC1. The Morgan fingerprint density at radius 1 is 1.22 bits per heavy atom. The van der Waals surface area contributed by atoms with Crippen LogP contribution < -0.4 is 10.6 Å². The lowest BCUT2D eigenvalue weighted by molar-refractivity contribution is -0.127. The average Bonchev–Trinajstić information content (AvgIpc) is 2.78. The van der Waals surface area contributed by atoms with E-state index in [-0.39, 0.29) is 24.6 Å². The van der Waals surface area contributed by atoms with E-state index in [9.17, 15) is 14.7 Å². The van der Waals surface area contributed by atoms with E-state index in [1.165, 1.54) is 25.7 Å². The van der Waals surface area contributed by atoms with E-state index in [1.807, 2.05) is 0 Å². The van der Waals surface area contributed by atoms with E-state index < -0.39 is 0 Å². The van der Waals surface area contributed by atoms with Crippen LogP contribution in [-0.4, -0.2) is 54.2 Å². The molecule has 1 saturated carbocycles. The first-order chi connectivity index (χ1) is 11.2. The third-order valence-electron chi connectivity index (χ3n) is 5.06. The zero-order valence-corrected chi connectivity index (χ0v) is 14.1. The van der Waals surface area contributed by atoms with Crippen molar-refractivity contribution in [1.82, 2.24) is 15.5 Å². The Morgan fingerprint density at radius 3 is 2.57 bits per heavy atom. The van der Waals surface area contributed by atoms with Crippen molar-refractivity contribution in [2.24, 2.45) is 5.92 Å². The maximum absolute atomic E-state index is 12.1. The monoisotopic (exact) mass is 325 g/mol. The van der Waals surface area contributed by atoms with Crippen LogP contribution in [-0.2, 0) is 4.79 Å².